The van der Waals surface area contributed by atoms with Crippen LogP contribution in [0.4, 0.5) is 0 Å². The Hall–Kier alpha value is -0.0800. The molecule has 0 unspecified atom stereocenters. The van der Waals surface area contributed by atoms with Gasteiger partial charge in [0.25, 0.3) is 0 Å². The van der Waals surface area contributed by atoms with E-state index < -0.39 is 0 Å². The van der Waals surface area contributed by atoms with Gasteiger partial charge in [-0.2, -0.15) is 0 Å². The normalized spacial score (nSPS) is 12.0. The van der Waals surface area contributed by atoms with Crippen LogP contribution in [-0.2, 0) is 0 Å². The molecule has 0 fully saturated rings. The van der Waals surface area contributed by atoms with E-state index in [9.17, 15) is 10.2 Å². The molecule has 0 amide bonds. The minimum Gasteiger partial charge on any atom is -0.396 e. The summed E-state index contributed by atoms with van der Waals surface area (Å²) in [5.74, 6) is 0. The molecule has 134 valence electrons. The molecule has 0 saturated heterocycles. The number of unbranched alkanes of at least 4 members (excludes halogenated alkanes) is 13. The van der Waals surface area contributed by atoms with Gasteiger partial charge in [0.15, 0.2) is 0 Å². The van der Waals surface area contributed by atoms with Crippen molar-refractivity contribution in [1.29, 1.82) is 0 Å². The molecule has 0 aromatic heterocycles. The summed E-state index contributed by atoms with van der Waals surface area (Å²) in [6.45, 7) is 4.44. The maximum absolute atomic E-state index is 9.23. The van der Waals surface area contributed by atoms with Gasteiger partial charge in [-0.15, -0.1) is 0 Å². The van der Waals surface area contributed by atoms with Crippen LogP contribution in [0.25, 0.3) is 0 Å². The van der Waals surface area contributed by atoms with Gasteiger partial charge in [0.05, 0.1) is 13.2 Å². The average Bonchev–Trinajstić information content (AvgIpc) is 2.55. The highest BCUT2D eigenvalue weighted by atomic mass is 16.3. The second-order valence-electron chi connectivity index (χ2n) is 7.47. The third kappa shape index (κ3) is 13.6. The zero-order chi connectivity index (χ0) is 16.5. The molecule has 0 aliphatic carbocycles. The van der Waals surface area contributed by atoms with Gasteiger partial charge in [-0.25, -0.2) is 0 Å². The van der Waals surface area contributed by atoms with Crippen molar-refractivity contribution in [2.45, 2.75) is 110 Å². The monoisotopic (exact) mass is 314 g/mol. The number of hydrogen-bond acceptors (Lipinski definition) is 2. The highest BCUT2D eigenvalue weighted by Gasteiger charge is 2.21. The van der Waals surface area contributed by atoms with Crippen LogP contribution in [0.2, 0.25) is 0 Å². The van der Waals surface area contributed by atoms with Crippen molar-refractivity contribution < 1.29 is 10.2 Å². The van der Waals surface area contributed by atoms with E-state index in [1.54, 1.807) is 0 Å². The fraction of sp³-hybridized carbons (Fsp3) is 1.00. The minimum absolute atomic E-state index is 0.0992. The van der Waals surface area contributed by atoms with Crippen molar-refractivity contribution in [3.8, 4) is 0 Å². The van der Waals surface area contributed by atoms with Crippen LogP contribution in [-0.4, -0.2) is 23.4 Å². The Kier molecular flexibility index (Phi) is 15.7. The summed E-state index contributed by atoms with van der Waals surface area (Å²) in [7, 11) is 0. The summed E-state index contributed by atoms with van der Waals surface area (Å²) in [5, 5.41) is 18.5. The van der Waals surface area contributed by atoms with Crippen molar-refractivity contribution >= 4 is 0 Å². The minimum atomic E-state index is -0.267. The molecule has 2 N–H and O–H groups in total. The van der Waals surface area contributed by atoms with Crippen LogP contribution in [0.5, 0.6) is 0 Å². The molecule has 0 aromatic rings. The molecule has 2 heteroatoms. The second kappa shape index (κ2) is 15.8. The van der Waals surface area contributed by atoms with E-state index in [0.29, 0.717) is 0 Å². The van der Waals surface area contributed by atoms with Crippen LogP contribution >= 0.6 is 0 Å². The van der Waals surface area contributed by atoms with E-state index in [1.807, 2.05) is 6.92 Å². The lowest BCUT2D eigenvalue weighted by atomic mass is 9.86. The predicted molar refractivity (Wildman–Crippen MR) is 97.2 cm³/mol. The molecule has 0 aliphatic heterocycles. The van der Waals surface area contributed by atoms with E-state index in [4.69, 9.17) is 0 Å². The molecule has 0 atom stereocenters. The van der Waals surface area contributed by atoms with Crippen LogP contribution in [0.1, 0.15) is 110 Å². The molecular formula is C20H42O2. The Labute approximate surface area is 139 Å². The van der Waals surface area contributed by atoms with Gasteiger partial charge in [-0.05, 0) is 6.42 Å². The molecule has 0 rings (SSSR count). The first-order valence-corrected chi connectivity index (χ1v) is 9.90. The number of aliphatic hydroxyl groups is 2. The second-order valence-corrected chi connectivity index (χ2v) is 7.47. The van der Waals surface area contributed by atoms with Gasteiger partial charge < -0.3 is 10.2 Å². The standard InChI is InChI=1S/C20H42O2/c1-3-4-5-6-7-8-9-10-11-12-13-14-15-16-17-20(2,18-21)19-22/h21-22H,3-19H2,1-2H3. The third-order valence-electron chi connectivity index (χ3n) is 4.90. The highest BCUT2D eigenvalue weighted by Crippen LogP contribution is 2.23. The van der Waals surface area contributed by atoms with Crippen molar-refractivity contribution in [3.63, 3.8) is 0 Å². The largest absolute Gasteiger partial charge is 0.396 e. The maximum atomic E-state index is 9.23. The first-order chi connectivity index (χ1) is 10.7. The summed E-state index contributed by atoms with van der Waals surface area (Å²) in [5.41, 5.74) is -0.267. The van der Waals surface area contributed by atoms with E-state index in [1.165, 1.54) is 83.5 Å². The Morgan fingerprint density at radius 3 is 1.18 bits per heavy atom. The van der Waals surface area contributed by atoms with Crippen LogP contribution in [0, 0.1) is 5.41 Å². The van der Waals surface area contributed by atoms with Gasteiger partial charge in [0, 0.05) is 5.41 Å². The fourth-order valence-corrected chi connectivity index (χ4v) is 2.95. The molecule has 0 radical (unpaired) electrons. The summed E-state index contributed by atoms with van der Waals surface area (Å²) in [4.78, 5) is 0. The summed E-state index contributed by atoms with van der Waals surface area (Å²) < 4.78 is 0. The number of rotatable bonds is 17. The Morgan fingerprint density at radius 1 is 0.545 bits per heavy atom. The SMILES string of the molecule is CCCCCCCCCCCCCCCCC(C)(CO)CO. The number of aliphatic hydroxyl groups excluding tert-OH is 2. The van der Waals surface area contributed by atoms with Crippen LogP contribution < -0.4 is 0 Å². The van der Waals surface area contributed by atoms with Gasteiger partial charge in [-0.1, -0.05) is 104 Å². The first kappa shape index (κ1) is 21.9. The predicted octanol–water partition coefficient (Wildman–Crippen LogP) is 5.85. The lowest BCUT2D eigenvalue weighted by Crippen LogP contribution is -2.25. The van der Waals surface area contributed by atoms with Crippen molar-refractivity contribution in [2.24, 2.45) is 5.41 Å². The molecular weight excluding hydrogens is 272 g/mol. The van der Waals surface area contributed by atoms with Crippen molar-refractivity contribution in [1.82, 2.24) is 0 Å². The molecule has 22 heavy (non-hydrogen) atoms. The Bertz CT molecular complexity index is 212. The van der Waals surface area contributed by atoms with E-state index in [0.717, 1.165) is 12.8 Å². The van der Waals surface area contributed by atoms with E-state index >= 15 is 0 Å². The van der Waals surface area contributed by atoms with Crippen molar-refractivity contribution in [2.75, 3.05) is 13.2 Å². The topological polar surface area (TPSA) is 40.5 Å². The van der Waals surface area contributed by atoms with E-state index in [-0.39, 0.29) is 18.6 Å². The van der Waals surface area contributed by atoms with Crippen molar-refractivity contribution in [3.05, 3.63) is 0 Å². The lowest BCUT2D eigenvalue weighted by molar-refractivity contribution is 0.0605. The molecule has 2 nitrogen and oxygen atoms in total. The molecule has 0 aromatic carbocycles. The molecule has 0 heterocycles. The molecule has 0 saturated carbocycles. The van der Waals surface area contributed by atoms with Gasteiger partial charge in [0.1, 0.15) is 0 Å². The average molecular weight is 315 g/mol. The molecule has 0 bridgehead atoms. The lowest BCUT2D eigenvalue weighted by Gasteiger charge is -2.24. The zero-order valence-corrected chi connectivity index (χ0v) is 15.4. The number of hydrogen-bond donors (Lipinski definition) is 2. The zero-order valence-electron chi connectivity index (χ0n) is 15.4. The smallest absolute Gasteiger partial charge is 0.0506 e. The third-order valence-corrected chi connectivity index (χ3v) is 4.90. The quantitative estimate of drug-likeness (QED) is 0.331. The maximum Gasteiger partial charge on any atom is 0.0506 e. The highest BCUT2D eigenvalue weighted by molar-refractivity contribution is 4.71. The Morgan fingerprint density at radius 2 is 0.864 bits per heavy atom. The summed E-state index contributed by atoms with van der Waals surface area (Å²) >= 11 is 0. The van der Waals surface area contributed by atoms with E-state index in [2.05, 4.69) is 6.92 Å². The van der Waals surface area contributed by atoms with Gasteiger partial charge in [0.2, 0.25) is 0 Å². The van der Waals surface area contributed by atoms with Crippen LogP contribution in [0.3, 0.4) is 0 Å². The fourth-order valence-electron chi connectivity index (χ4n) is 2.95. The van der Waals surface area contributed by atoms with Crippen LogP contribution in [0.15, 0.2) is 0 Å². The molecule has 0 aliphatic rings. The first-order valence-electron chi connectivity index (χ1n) is 9.90. The Balaban J connectivity index is 3.14. The van der Waals surface area contributed by atoms with Gasteiger partial charge in [-0.3, -0.25) is 0 Å². The summed E-state index contributed by atoms with van der Waals surface area (Å²) in [6, 6.07) is 0. The molecule has 0 spiro atoms. The summed E-state index contributed by atoms with van der Waals surface area (Å²) in [6.07, 6.45) is 20.1. The van der Waals surface area contributed by atoms with Gasteiger partial charge >= 0.3 is 0 Å².